The molecule has 0 radical (unpaired) electrons. The van der Waals surface area contributed by atoms with Gasteiger partial charge in [-0.3, -0.25) is 9.89 Å². The van der Waals surface area contributed by atoms with Crippen LogP contribution in [0.15, 0.2) is 42.9 Å². The van der Waals surface area contributed by atoms with Crippen molar-refractivity contribution >= 4 is 22.5 Å². The fourth-order valence-corrected chi connectivity index (χ4v) is 1.68. The van der Waals surface area contributed by atoms with Crippen molar-refractivity contribution in [2.24, 2.45) is 0 Å². The quantitative estimate of drug-likeness (QED) is 0.626. The van der Waals surface area contributed by atoms with E-state index in [1.165, 1.54) is 0 Å². The molecule has 3 rings (SSSR count). The van der Waals surface area contributed by atoms with E-state index in [1.807, 2.05) is 18.2 Å². The van der Waals surface area contributed by atoms with E-state index in [0.717, 1.165) is 16.6 Å². The third-order valence-electron chi connectivity index (χ3n) is 2.56. The SMILES string of the molecule is O=C(Nc1ccc2cn[nH]c2c1)c1cc[nH]c1. The molecule has 3 aromatic rings. The maximum atomic E-state index is 11.8. The van der Waals surface area contributed by atoms with Crippen LogP contribution in [0.5, 0.6) is 0 Å². The molecule has 5 nitrogen and oxygen atoms in total. The third kappa shape index (κ3) is 1.78. The van der Waals surface area contributed by atoms with Crippen LogP contribution in [0.4, 0.5) is 5.69 Å². The Kier molecular flexibility index (Phi) is 2.15. The summed E-state index contributed by atoms with van der Waals surface area (Å²) in [5.74, 6) is -0.134. The minimum absolute atomic E-state index is 0.134. The molecule has 2 heterocycles. The van der Waals surface area contributed by atoms with E-state index in [2.05, 4.69) is 20.5 Å². The summed E-state index contributed by atoms with van der Waals surface area (Å²) in [4.78, 5) is 14.6. The smallest absolute Gasteiger partial charge is 0.257 e. The predicted octanol–water partition coefficient (Wildman–Crippen LogP) is 2.14. The minimum atomic E-state index is -0.134. The molecule has 0 unspecified atom stereocenters. The van der Waals surface area contributed by atoms with Crippen molar-refractivity contribution in [2.45, 2.75) is 0 Å². The first kappa shape index (κ1) is 9.65. The number of anilines is 1. The lowest BCUT2D eigenvalue weighted by atomic mass is 10.2. The molecule has 2 aromatic heterocycles. The van der Waals surface area contributed by atoms with Crippen LogP contribution in [-0.2, 0) is 0 Å². The van der Waals surface area contributed by atoms with Gasteiger partial charge in [-0.2, -0.15) is 5.10 Å². The van der Waals surface area contributed by atoms with Gasteiger partial charge in [-0.1, -0.05) is 0 Å². The number of nitrogens with zero attached hydrogens (tertiary/aromatic N) is 1. The molecule has 0 aliphatic carbocycles. The number of fused-ring (bicyclic) bond motifs is 1. The van der Waals surface area contributed by atoms with Crippen molar-refractivity contribution in [3.63, 3.8) is 0 Å². The largest absolute Gasteiger partial charge is 0.367 e. The summed E-state index contributed by atoms with van der Waals surface area (Å²) in [6.45, 7) is 0. The van der Waals surface area contributed by atoms with Crippen LogP contribution in [0.3, 0.4) is 0 Å². The van der Waals surface area contributed by atoms with E-state index in [0.29, 0.717) is 5.56 Å². The first-order valence-electron chi connectivity index (χ1n) is 5.20. The van der Waals surface area contributed by atoms with Gasteiger partial charge in [0.05, 0.1) is 17.3 Å². The van der Waals surface area contributed by atoms with Crippen LogP contribution in [0.1, 0.15) is 10.4 Å². The lowest BCUT2D eigenvalue weighted by molar-refractivity contribution is 0.102. The molecule has 0 saturated carbocycles. The van der Waals surface area contributed by atoms with Gasteiger partial charge in [-0.15, -0.1) is 0 Å². The first-order chi connectivity index (χ1) is 8.33. The van der Waals surface area contributed by atoms with E-state index in [9.17, 15) is 4.79 Å². The van der Waals surface area contributed by atoms with E-state index in [1.54, 1.807) is 24.7 Å². The second-order valence-electron chi connectivity index (χ2n) is 3.73. The monoisotopic (exact) mass is 226 g/mol. The van der Waals surface area contributed by atoms with Gasteiger partial charge in [0, 0.05) is 23.5 Å². The number of H-pyrrole nitrogens is 2. The maximum absolute atomic E-state index is 11.8. The lowest BCUT2D eigenvalue weighted by Crippen LogP contribution is -2.10. The van der Waals surface area contributed by atoms with Gasteiger partial charge in [0.15, 0.2) is 0 Å². The molecule has 0 aliphatic heterocycles. The number of nitrogens with one attached hydrogen (secondary N) is 3. The number of hydrogen-bond acceptors (Lipinski definition) is 2. The van der Waals surface area contributed by atoms with Crippen molar-refractivity contribution in [3.05, 3.63) is 48.4 Å². The van der Waals surface area contributed by atoms with E-state index < -0.39 is 0 Å². The lowest BCUT2D eigenvalue weighted by Gasteiger charge is -2.03. The molecule has 0 aliphatic rings. The Morgan fingerprint density at radius 1 is 1.29 bits per heavy atom. The molecule has 1 aromatic carbocycles. The molecular weight excluding hydrogens is 216 g/mol. The minimum Gasteiger partial charge on any atom is -0.367 e. The zero-order valence-electron chi connectivity index (χ0n) is 8.90. The van der Waals surface area contributed by atoms with Gasteiger partial charge in [0.1, 0.15) is 0 Å². The maximum Gasteiger partial charge on any atom is 0.257 e. The van der Waals surface area contributed by atoms with Gasteiger partial charge in [0.2, 0.25) is 0 Å². The molecule has 84 valence electrons. The van der Waals surface area contributed by atoms with Crippen LogP contribution in [0.2, 0.25) is 0 Å². The van der Waals surface area contributed by atoms with Crippen molar-refractivity contribution in [3.8, 4) is 0 Å². The summed E-state index contributed by atoms with van der Waals surface area (Å²) in [5.41, 5.74) is 2.25. The highest BCUT2D eigenvalue weighted by atomic mass is 16.1. The summed E-state index contributed by atoms with van der Waals surface area (Å²) in [6, 6.07) is 7.34. The van der Waals surface area contributed by atoms with Crippen molar-refractivity contribution in [2.75, 3.05) is 5.32 Å². The van der Waals surface area contributed by atoms with Crippen molar-refractivity contribution in [1.29, 1.82) is 0 Å². The molecule has 0 saturated heterocycles. The third-order valence-corrected chi connectivity index (χ3v) is 2.56. The van der Waals surface area contributed by atoms with Crippen molar-refractivity contribution in [1.82, 2.24) is 15.2 Å². The van der Waals surface area contributed by atoms with E-state index >= 15 is 0 Å². The highest BCUT2D eigenvalue weighted by molar-refractivity contribution is 6.04. The number of amides is 1. The van der Waals surface area contributed by atoms with Crippen LogP contribution in [-0.4, -0.2) is 21.1 Å². The van der Waals surface area contributed by atoms with E-state index in [4.69, 9.17) is 0 Å². The molecule has 0 spiro atoms. The van der Waals surface area contributed by atoms with Gasteiger partial charge in [-0.05, 0) is 24.3 Å². The molecule has 17 heavy (non-hydrogen) atoms. The Bertz CT molecular complexity index is 654. The Morgan fingerprint density at radius 2 is 2.24 bits per heavy atom. The number of aromatic amines is 2. The number of rotatable bonds is 2. The standard InChI is InChI=1S/C12H10N4O/c17-12(9-3-4-13-6-9)15-10-2-1-8-7-14-16-11(8)5-10/h1-7,13H,(H,14,16)(H,15,17). The van der Waals surface area contributed by atoms with Crippen molar-refractivity contribution < 1.29 is 4.79 Å². The molecule has 3 N–H and O–H groups in total. The number of carbonyl (C=O) groups excluding carboxylic acids is 1. The number of hydrogen-bond donors (Lipinski definition) is 3. The summed E-state index contributed by atoms with van der Waals surface area (Å²) in [7, 11) is 0. The molecule has 5 heteroatoms. The average Bonchev–Trinajstić information content (AvgIpc) is 2.99. The second-order valence-corrected chi connectivity index (χ2v) is 3.73. The van der Waals surface area contributed by atoms with E-state index in [-0.39, 0.29) is 5.91 Å². The Labute approximate surface area is 96.9 Å². The zero-order chi connectivity index (χ0) is 11.7. The van der Waals surface area contributed by atoms with Crippen LogP contribution in [0.25, 0.3) is 10.9 Å². The Hall–Kier alpha value is -2.56. The van der Waals surface area contributed by atoms with Gasteiger partial charge in [0.25, 0.3) is 5.91 Å². The fraction of sp³-hybridized carbons (Fsp3) is 0. The average molecular weight is 226 g/mol. The first-order valence-corrected chi connectivity index (χ1v) is 5.20. The Balaban J connectivity index is 1.87. The zero-order valence-corrected chi connectivity index (χ0v) is 8.90. The topological polar surface area (TPSA) is 73.6 Å². The molecule has 0 bridgehead atoms. The highest BCUT2D eigenvalue weighted by Gasteiger charge is 2.06. The summed E-state index contributed by atoms with van der Waals surface area (Å²) in [5, 5.41) is 10.6. The van der Waals surface area contributed by atoms with Gasteiger partial charge >= 0.3 is 0 Å². The Morgan fingerprint density at radius 3 is 3.06 bits per heavy atom. The van der Waals surface area contributed by atoms with Crippen LogP contribution >= 0.6 is 0 Å². The fourth-order valence-electron chi connectivity index (χ4n) is 1.68. The molecule has 0 atom stereocenters. The summed E-state index contributed by atoms with van der Waals surface area (Å²) < 4.78 is 0. The normalized spacial score (nSPS) is 10.6. The second kappa shape index (κ2) is 3.79. The van der Waals surface area contributed by atoms with Crippen LogP contribution in [0, 0.1) is 0 Å². The molecule has 1 amide bonds. The summed E-state index contributed by atoms with van der Waals surface area (Å²) in [6.07, 6.45) is 5.12. The highest BCUT2D eigenvalue weighted by Crippen LogP contribution is 2.17. The summed E-state index contributed by atoms with van der Waals surface area (Å²) >= 11 is 0. The van der Waals surface area contributed by atoms with Gasteiger partial charge < -0.3 is 10.3 Å². The molecule has 0 fully saturated rings. The molecular formula is C12H10N4O. The predicted molar refractivity (Wildman–Crippen MR) is 64.8 cm³/mol. The van der Waals surface area contributed by atoms with Crippen LogP contribution < -0.4 is 5.32 Å². The van der Waals surface area contributed by atoms with Gasteiger partial charge in [-0.25, -0.2) is 0 Å². The number of benzene rings is 1. The number of aromatic nitrogens is 3. The number of carbonyl (C=O) groups is 1.